The van der Waals surface area contributed by atoms with Gasteiger partial charge in [0, 0.05) is 43.9 Å². The Morgan fingerprint density at radius 1 is 0.696 bits per heavy atom. The lowest BCUT2D eigenvalue weighted by Gasteiger charge is -2.46. The topological polar surface area (TPSA) is 46.2 Å². The first-order valence-electron chi connectivity index (χ1n) is 17.3. The van der Waals surface area contributed by atoms with E-state index in [2.05, 4.69) is 27.7 Å². The van der Waals surface area contributed by atoms with Crippen molar-refractivity contribution in [3.63, 3.8) is 0 Å². The van der Waals surface area contributed by atoms with E-state index in [-0.39, 0.29) is 53.2 Å². The minimum atomic E-state index is -0.593. The Bertz CT molecular complexity index is 1150. The molecule has 0 unspecified atom stereocenters. The molecule has 2 aromatic rings. The highest BCUT2D eigenvalue weighted by Crippen LogP contribution is 2.47. The Kier molecular flexibility index (Phi) is 18.3. The molecule has 2 aromatic carbocycles. The summed E-state index contributed by atoms with van der Waals surface area (Å²) < 4.78 is 61.3. The number of benzene rings is 2. The van der Waals surface area contributed by atoms with Crippen LogP contribution in [0.5, 0.6) is 5.75 Å². The highest BCUT2D eigenvalue weighted by Gasteiger charge is 2.48. The molecular weight excluding hydrogens is 630 g/mol. The van der Waals surface area contributed by atoms with Crippen LogP contribution in [0.1, 0.15) is 108 Å². The predicted molar refractivity (Wildman–Crippen MR) is 186 cm³/mol. The standard InChI is InChI=1S/C37H55ClF2O5S/c1-6-11-17-41-25-33-34(43-18-12-7-2)35(44-19-13-8-3)36(45-20-14-9-4)37(46-33)26-15-16-29(38)27(21-26)22-28-23-31(40)32(42-10-5)24-30(28)39/h15-16,21,23-24,33-37H,6-14,17-20,22,25H2,1-5H3/t33-,34-,35+,36-,37+/m1/s1. The third-order valence-corrected chi connectivity index (χ3v) is 10.1. The molecule has 46 heavy (non-hydrogen) atoms. The average Bonchev–Trinajstić information content (AvgIpc) is 3.04. The number of hydrogen-bond acceptors (Lipinski definition) is 6. The molecule has 1 aliphatic rings. The number of ether oxygens (including phenoxy) is 5. The Morgan fingerprint density at radius 3 is 1.93 bits per heavy atom. The van der Waals surface area contributed by atoms with E-state index in [0.717, 1.165) is 68.6 Å². The molecule has 0 amide bonds. The van der Waals surface area contributed by atoms with E-state index < -0.39 is 11.6 Å². The third-order valence-electron chi connectivity index (χ3n) is 8.16. The molecule has 0 spiro atoms. The molecule has 3 rings (SSSR count). The highest BCUT2D eigenvalue weighted by atomic mass is 35.5. The second-order valence-electron chi connectivity index (χ2n) is 11.9. The van der Waals surface area contributed by atoms with Crippen molar-refractivity contribution in [1.82, 2.24) is 0 Å². The van der Waals surface area contributed by atoms with E-state index in [1.54, 1.807) is 18.7 Å². The predicted octanol–water partition coefficient (Wildman–Crippen LogP) is 10.1. The van der Waals surface area contributed by atoms with Crippen molar-refractivity contribution in [3.05, 3.63) is 63.7 Å². The summed E-state index contributed by atoms with van der Waals surface area (Å²) in [7, 11) is 0. The van der Waals surface area contributed by atoms with Crippen molar-refractivity contribution in [1.29, 1.82) is 0 Å². The Balaban J connectivity index is 2.01. The van der Waals surface area contributed by atoms with Crippen LogP contribution < -0.4 is 4.74 Å². The van der Waals surface area contributed by atoms with Gasteiger partial charge in [0.25, 0.3) is 0 Å². The van der Waals surface area contributed by atoms with E-state index >= 15 is 4.39 Å². The fraction of sp³-hybridized carbons (Fsp3) is 0.676. The van der Waals surface area contributed by atoms with Crippen LogP contribution >= 0.6 is 23.4 Å². The lowest BCUT2D eigenvalue weighted by molar-refractivity contribution is -0.149. The first kappa shape index (κ1) is 39.0. The molecule has 1 heterocycles. The molecule has 0 aromatic heterocycles. The van der Waals surface area contributed by atoms with Crippen molar-refractivity contribution in [3.8, 4) is 5.75 Å². The van der Waals surface area contributed by atoms with Gasteiger partial charge in [0.05, 0.1) is 23.7 Å². The molecule has 0 bridgehead atoms. The van der Waals surface area contributed by atoms with Gasteiger partial charge in [-0.2, -0.15) is 0 Å². The maximum absolute atomic E-state index is 15.1. The maximum atomic E-state index is 15.1. The van der Waals surface area contributed by atoms with Crippen molar-refractivity contribution < 1.29 is 32.5 Å². The van der Waals surface area contributed by atoms with Gasteiger partial charge in [0.1, 0.15) is 24.1 Å². The second kappa shape index (κ2) is 21.5. The van der Waals surface area contributed by atoms with Crippen molar-refractivity contribution in [2.75, 3.05) is 39.6 Å². The van der Waals surface area contributed by atoms with E-state index in [4.69, 9.17) is 35.3 Å². The largest absolute Gasteiger partial charge is 0.491 e. The van der Waals surface area contributed by atoms with Crippen molar-refractivity contribution in [2.45, 2.75) is 121 Å². The maximum Gasteiger partial charge on any atom is 0.165 e. The lowest BCUT2D eigenvalue weighted by Crippen LogP contribution is -2.55. The summed E-state index contributed by atoms with van der Waals surface area (Å²) >= 11 is 8.49. The van der Waals surface area contributed by atoms with E-state index in [9.17, 15) is 4.39 Å². The van der Waals surface area contributed by atoms with Gasteiger partial charge in [-0.05, 0) is 61.4 Å². The molecule has 1 aliphatic heterocycles. The van der Waals surface area contributed by atoms with Gasteiger partial charge in [-0.3, -0.25) is 0 Å². The minimum absolute atomic E-state index is 0.0214. The highest BCUT2D eigenvalue weighted by molar-refractivity contribution is 8.00. The second-order valence-corrected chi connectivity index (χ2v) is 13.7. The first-order valence-corrected chi connectivity index (χ1v) is 18.7. The van der Waals surface area contributed by atoms with E-state index in [1.807, 2.05) is 18.2 Å². The van der Waals surface area contributed by atoms with E-state index in [1.165, 1.54) is 6.07 Å². The van der Waals surface area contributed by atoms with Crippen LogP contribution in [0, 0.1) is 11.6 Å². The first-order chi connectivity index (χ1) is 22.4. The number of halogens is 3. The Hall–Kier alpha value is -1.42. The quantitative estimate of drug-likeness (QED) is 0.115. The SMILES string of the molecule is CCCCOC[C@H]1S[C@@H](c2ccc(Cl)c(Cc3cc(F)c(OCC)cc3F)c2)[C@H](OCCCC)[C@@H](OCCCC)[C@@H]1OCCCC. The van der Waals surface area contributed by atoms with Gasteiger partial charge in [0.2, 0.25) is 0 Å². The smallest absolute Gasteiger partial charge is 0.165 e. The van der Waals surface area contributed by atoms with Crippen LogP contribution in [0.4, 0.5) is 8.78 Å². The Labute approximate surface area is 285 Å². The summed E-state index contributed by atoms with van der Waals surface area (Å²) in [6.07, 6.45) is 7.41. The average molecular weight is 685 g/mol. The molecule has 0 aliphatic carbocycles. The number of rotatable bonds is 22. The number of unbranched alkanes of at least 4 members (excludes halogenated alkanes) is 4. The summed E-state index contributed by atoms with van der Waals surface area (Å²) in [6.45, 7) is 13.8. The monoisotopic (exact) mass is 684 g/mol. The summed E-state index contributed by atoms with van der Waals surface area (Å²) in [5.74, 6) is -1.21. The minimum Gasteiger partial charge on any atom is -0.491 e. The van der Waals surface area contributed by atoms with Crippen LogP contribution in [0.15, 0.2) is 30.3 Å². The zero-order chi connectivity index (χ0) is 33.3. The normalized spacial score (nSPS) is 21.5. The van der Waals surface area contributed by atoms with Crippen LogP contribution in [0.3, 0.4) is 0 Å². The van der Waals surface area contributed by atoms with Gasteiger partial charge < -0.3 is 23.7 Å². The summed E-state index contributed by atoms with van der Waals surface area (Å²) in [5, 5.41) is 0.415. The Morgan fingerprint density at radius 2 is 1.30 bits per heavy atom. The zero-order valence-corrected chi connectivity index (χ0v) is 30.0. The molecule has 0 N–H and O–H groups in total. The molecule has 1 saturated heterocycles. The number of hydrogen-bond donors (Lipinski definition) is 0. The van der Waals surface area contributed by atoms with Gasteiger partial charge in [0.15, 0.2) is 11.6 Å². The molecular formula is C37H55ClF2O5S. The summed E-state index contributed by atoms with van der Waals surface area (Å²) in [4.78, 5) is 0. The lowest BCUT2D eigenvalue weighted by atomic mass is 9.94. The van der Waals surface area contributed by atoms with Gasteiger partial charge in [-0.15, -0.1) is 11.8 Å². The van der Waals surface area contributed by atoms with Gasteiger partial charge in [-0.1, -0.05) is 77.1 Å². The molecule has 260 valence electrons. The molecule has 0 radical (unpaired) electrons. The third kappa shape index (κ3) is 11.6. The molecule has 9 heteroatoms. The fourth-order valence-electron chi connectivity index (χ4n) is 5.51. The molecule has 1 fully saturated rings. The van der Waals surface area contributed by atoms with E-state index in [0.29, 0.717) is 38.1 Å². The molecule has 5 nitrogen and oxygen atoms in total. The van der Waals surface area contributed by atoms with Gasteiger partial charge >= 0.3 is 0 Å². The van der Waals surface area contributed by atoms with Crippen LogP contribution in [0.2, 0.25) is 5.02 Å². The van der Waals surface area contributed by atoms with Crippen LogP contribution in [-0.4, -0.2) is 63.2 Å². The summed E-state index contributed by atoms with van der Waals surface area (Å²) in [6, 6.07) is 8.20. The zero-order valence-electron chi connectivity index (χ0n) is 28.5. The van der Waals surface area contributed by atoms with Crippen LogP contribution in [-0.2, 0) is 25.4 Å². The van der Waals surface area contributed by atoms with Crippen molar-refractivity contribution in [2.24, 2.45) is 0 Å². The number of thioether (sulfide) groups is 1. The van der Waals surface area contributed by atoms with Crippen LogP contribution in [0.25, 0.3) is 0 Å². The fourth-order valence-corrected chi connectivity index (χ4v) is 7.33. The molecule has 5 atom stereocenters. The molecule has 0 saturated carbocycles. The van der Waals surface area contributed by atoms with Gasteiger partial charge in [-0.25, -0.2) is 8.78 Å². The summed E-state index contributed by atoms with van der Waals surface area (Å²) in [5.41, 5.74) is 1.95. The van der Waals surface area contributed by atoms with Crippen molar-refractivity contribution >= 4 is 23.4 Å².